The van der Waals surface area contributed by atoms with Crippen LogP contribution in [0.5, 0.6) is 0 Å². The Labute approximate surface area is 73.8 Å². The fourth-order valence-electron chi connectivity index (χ4n) is 1.99. The number of ether oxygens (including phenoxy) is 1. The van der Waals surface area contributed by atoms with Gasteiger partial charge in [-0.15, -0.1) is 0 Å². The molecule has 2 heteroatoms. The van der Waals surface area contributed by atoms with Gasteiger partial charge in [0.05, 0.1) is 12.6 Å². The van der Waals surface area contributed by atoms with E-state index in [2.05, 4.69) is 19.9 Å². The molecule has 0 spiro atoms. The summed E-state index contributed by atoms with van der Waals surface area (Å²) in [6.07, 6.45) is 4.42. The van der Waals surface area contributed by atoms with Crippen molar-refractivity contribution in [3.05, 3.63) is 11.8 Å². The average Bonchev–Trinajstić information content (AvgIpc) is 2.56. The van der Waals surface area contributed by atoms with E-state index in [9.17, 15) is 0 Å². The Hall–Kier alpha value is -0.500. The van der Waals surface area contributed by atoms with Crippen LogP contribution in [0.1, 0.15) is 26.7 Å². The second-order valence-electron chi connectivity index (χ2n) is 4.57. The quantitative estimate of drug-likeness (QED) is 0.679. The first-order chi connectivity index (χ1) is 5.61. The zero-order chi connectivity index (χ0) is 8.77. The minimum absolute atomic E-state index is 0.155. The summed E-state index contributed by atoms with van der Waals surface area (Å²) in [5.74, 6) is 1.67. The molecule has 0 amide bonds. The molecule has 68 valence electrons. The van der Waals surface area contributed by atoms with Crippen LogP contribution in [0.2, 0.25) is 0 Å². The maximum atomic E-state index is 6.07. The topological polar surface area (TPSA) is 35.2 Å². The lowest BCUT2D eigenvalue weighted by atomic mass is 10.0. The third-order valence-corrected chi connectivity index (χ3v) is 3.08. The van der Waals surface area contributed by atoms with E-state index < -0.39 is 0 Å². The van der Waals surface area contributed by atoms with Crippen molar-refractivity contribution in [2.24, 2.45) is 17.1 Å². The molecule has 0 aromatic rings. The third-order valence-electron chi connectivity index (χ3n) is 3.08. The molecule has 2 N–H and O–H groups in total. The number of nitrogens with two attached hydrogens (primary N) is 1. The lowest BCUT2D eigenvalue weighted by molar-refractivity contribution is 0.215. The van der Waals surface area contributed by atoms with Crippen LogP contribution in [0.15, 0.2) is 11.8 Å². The van der Waals surface area contributed by atoms with E-state index in [4.69, 9.17) is 10.5 Å². The highest BCUT2D eigenvalue weighted by Crippen LogP contribution is 2.54. The van der Waals surface area contributed by atoms with Crippen LogP contribution >= 0.6 is 0 Å². The molecule has 1 heterocycles. The first kappa shape index (κ1) is 8.11. The molecule has 12 heavy (non-hydrogen) atoms. The SMILES string of the molecule is CC1(C)CC1C(N)C1=CCCO1. The molecule has 1 saturated carbocycles. The monoisotopic (exact) mass is 167 g/mol. The summed E-state index contributed by atoms with van der Waals surface area (Å²) in [7, 11) is 0. The van der Waals surface area contributed by atoms with Crippen molar-refractivity contribution in [2.75, 3.05) is 6.61 Å². The van der Waals surface area contributed by atoms with Crippen LogP contribution in [-0.2, 0) is 4.74 Å². The minimum Gasteiger partial charge on any atom is -0.496 e. The van der Waals surface area contributed by atoms with Crippen molar-refractivity contribution >= 4 is 0 Å². The largest absolute Gasteiger partial charge is 0.496 e. The van der Waals surface area contributed by atoms with E-state index >= 15 is 0 Å². The maximum absolute atomic E-state index is 6.07. The lowest BCUT2D eigenvalue weighted by Crippen LogP contribution is -2.27. The number of rotatable bonds is 2. The molecular weight excluding hydrogens is 150 g/mol. The van der Waals surface area contributed by atoms with E-state index in [1.807, 2.05) is 0 Å². The second kappa shape index (κ2) is 2.49. The van der Waals surface area contributed by atoms with E-state index in [1.165, 1.54) is 6.42 Å². The van der Waals surface area contributed by atoms with Gasteiger partial charge in [0.15, 0.2) is 0 Å². The molecular formula is C10H17NO. The summed E-state index contributed by atoms with van der Waals surface area (Å²) < 4.78 is 5.45. The molecule has 1 aliphatic heterocycles. The first-order valence-electron chi connectivity index (χ1n) is 4.70. The average molecular weight is 167 g/mol. The standard InChI is InChI=1S/C10H17NO/c1-10(2)6-7(10)9(11)8-4-3-5-12-8/h4,7,9H,3,5-6,11H2,1-2H3. The molecule has 2 nitrogen and oxygen atoms in total. The van der Waals surface area contributed by atoms with Crippen LogP contribution < -0.4 is 5.73 Å². The van der Waals surface area contributed by atoms with Crippen LogP contribution in [0.3, 0.4) is 0 Å². The maximum Gasteiger partial charge on any atom is 0.109 e. The van der Waals surface area contributed by atoms with Gasteiger partial charge in [0.25, 0.3) is 0 Å². The predicted molar refractivity (Wildman–Crippen MR) is 48.5 cm³/mol. The van der Waals surface area contributed by atoms with Gasteiger partial charge in [-0.2, -0.15) is 0 Å². The van der Waals surface area contributed by atoms with Gasteiger partial charge >= 0.3 is 0 Å². The Morgan fingerprint density at radius 1 is 1.67 bits per heavy atom. The Kier molecular flexibility index (Phi) is 1.69. The van der Waals surface area contributed by atoms with Gasteiger partial charge in [-0.25, -0.2) is 0 Å². The fraction of sp³-hybridized carbons (Fsp3) is 0.800. The van der Waals surface area contributed by atoms with Crippen LogP contribution in [-0.4, -0.2) is 12.6 Å². The zero-order valence-corrected chi connectivity index (χ0v) is 7.84. The molecule has 0 radical (unpaired) electrons. The highest BCUT2D eigenvalue weighted by Gasteiger charge is 2.50. The Bertz CT molecular complexity index is 220. The fourth-order valence-corrected chi connectivity index (χ4v) is 1.99. The highest BCUT2D eigenvalue weighted by atomic mass is 16.5. The van der Waals surface area contributed by atoms with Crippen molar-refractivity contribution < 1.29 is 4.74 Å². The van der Waals surface area contributed by atoms with E-state index in [0.29, 0.717) is 11.3 Å². The number of hydrogen-bond donors (Lipinski definition) is 1. The summed E-state index contributed by atoms with van der Waals surface area (Å²) in [6, 6.07) is 0.155. The lowest BCUT2D eigenvalue weighted by Gasteiger charge is -2.14. The second-order valence-corrected chi connectivity index (χ2v) is 4.57. The molecule has 0 bridgehead atoms. The van der Waals surface area contributed by atoms with Gasteiger partial charge in [-0.05, 0) is 23.8 Å². The molecule has 1 aliphatic carbocycles. The third kappa shape index (κ3) is 1.24. The molecule has 0 saturated heterocycles. The number of hydrogen-bond acceptors (Lipinski definition) is 2. The molecule has 0 aromatic carbocycles. The van der Waals surface area contributed by atoms with Crippen molar-refractivity contribution in [3.63, 3.8) is 0 Å². The van der Waals surface area contributed by atoms with Crippen LogP contribution in [0.25, 0.3) is 0 Å². The molecule has 2 atom stereocenters. The van der Waals surface area contributed by atoms with Crippen molar-refractivity contribution in [1.29, 1.82) is 0 Å². The predicted octanol–water partition coefficient (Wildman–Crippen LogP) is 1.66. The Morgan fingerprint density at radius 3 is 2.75 bits per heavy atom. The molecule has 2 unspecified atom stereocenters. The first-order valence-corrected chi connectivity index (χ1v) is 4.70. The molecule has 2 rings (SSSR count). The van der Waals surface area contributed by atoms with Crippen molar-refractivity contribution in [2.45, 2.75) is 32.7 Å². The van der Waals surface area contributed by atoms with Gasteiger partial charge in [-0.3, -0.25) is 0 Å². The Balaban J connectivity index is 1.97. The Morgan fingerprint density at radius 2 is 2.33 bits per heavy atom. The zero-order valence-electron chi connectivity index (χ0n) is 7.84. The highest BCUT2D eigenvalue weighted by molar-refractivity contribution is 5.15. The van der Waals surface area contributed by atoms with Crippen LogP contribution in [0, 0.1) is 11.3 Å². The van der Waals surface area contributed by atoms with E-state index in [-0.39, 0.29) is 6.04 Å². The van der Waals surface area contributed by atoms with Crippen molar-refractivity contribution in [3.8, 4) is 0 Å². The van der Waals surface area contributed by atoms with Crippen molar-refractivity contribution in [1.82, 2.24) is 0 Å². The normalized spacial score (nSPS) is 33.9. The van der Waals surface area contributed by atoms with Gasteiger partial charge in [0.1, 0.15) is 5.76 Å². The molecule has 2 aliphatic rings. The summed E-state index contributed by atoms with van der Waals surface area (Å²) in [4.78, 5) is 0. The molecule has 0 aromatic heterocycles. The summed E-state index contributed by atoms with van der Waals surface area (Å²) in [5.41, 5.74) is 6.52. The summed E-state index contributed by atoms with van der Waals surface area (Å²) >= 11 is 0. The van der Waals surface area contributed by atoms with E-state index in [1.54, 1.807) is 0 Å². The van der Waals surface area contributed by atoms with Gasteiger partial charge in [-0.1, -0.05) is 13.8 Å². The van der Waals surface area contributed by atoms with Gasteiger partial charge < -0.3 is 10.5 Å². The van der Waals surface area contributed by atoms with Crippen LogP contribution in [0.4, 0.5) is 0 Å². The van der Waals surface area contributed by atoms with E-state index in [0.717, 1.165) is 18.8 Å². The van der Waals surface area contributed by atoms with Gasteiger partial charge in [0.2, 0.25) is 0 Å². The molecule has 1 fully saturated rings. The van der Waals surface area contributed by atoms with Gasteiger partial charge in [0, 0.05) is 6.42 Å². The minimum atomic E-state index is 0.155. The summed E-state index contributed by atoms with van der Waals surface area (Å²) in [5, 5.41) is 0. The smallest absolute Gasteiger partial charge is 0.109 e. The summed E-state index contributed by atoms with van der Waals surface area (Å²) in [6.45, 7) is 5.37.